The van der Waals surface area contributed by atoms with Crippen molar-refractivity contribution in [3.8, 4) is 0 Å². The molecule has 0 saturated carbocycles. The van der Waals surface area contributed by atoms with Gasteiger partial charge >= 0.3 is 0 Å². The summed E-state index contributed by atoms with van der Waals surface area (Å²) in [6.07, 6.45) is 6.04. The standard InChI is InChI=1S/C15H18/c1-5-9-14(12(3)6-2)15-11-8-7-10-13(15)4/h5-11H,1H2,2-4H3/b12-6-,14-9+. The highest BCUT2D eigenvalue weighted by Crippen LogP contribution is 2.25. The van der Waals surface area contributed by atoms with Gasteiger partial charge in [0.05, 0.1) is 0 Å². The van der Waals surface area contributed by atoms with Crippen LogP contribution in [0, 0.1) is 6.92 Å². The zero-order valence-electron chi connectivity index (χ0n) is 9.75. The molecule has 0 radical (unpaired) electrons. The normalized spacial score (nSPS) is 12.7. The summed E-state index contributed by atoms with van der Waals surface area (Å²) in [7, 11) is 0. The summed E-state index contributed by atoms with van der Waals surface area (Å²) >= 11 is 0. The molecule has 0 saturated heterocycles. The van der Waals surface area contributed by atoms with Gasteiger partial charge in [0.25, 0.3) is 0 Å². The fourth-order valence-electron chi connectivity index (χ4n) is 1.58. The second-order valence-corrected chi connectivity index (χ2v) is 3.60. The molecule has 0 aliphatic carbocycles. The van der Waals surface area contributed by atoms with E-state index in [9.17, 15) is 0 Å². The van der Waals surface area contributed by atoms with Crippen molar-refractivity contribution in [1.82, 2.24) is 0 Å². The third kappa shape index (κ3) is 2.69. The molecule has 0 heteroatoms. The number of rotatable bonds is 3. The van der Waals surface area contributed by atoms with Gasteiger partial charge in [0, 0.05) is 0 Å². The topological polar surface area (TPSA) is 0 Å². The summed E-state index contributed by atoms with van der Waals surface area (Å²) in [5.74, 6) is 0. The molecule has 0 aliphatic rings. The SMILES string of the molecule is C=C/C=C(\C(C)=C/C)c1ccccc1C. The molecule has 0 aromatic heterocycles. The van der Waals surface area contributed by atoms with Crippen LogP contribution in [0.15, 0.2) is 54.6 Å². The quantitative estimate of drug-likeness (QED) is 0.626. The molecule has 0 N–H and O–H groups in total. The van der Waals surface area contributed by atoms with Crippen LogP contribution in [0.4, 0.5) is 0 Å². The molecule has 78 valence electrons. The molecule has 0 unspecified atom stereocenters. The molecule has 0 bridgehead atoms. The minimum absolute atomic E-state index is 1.26. The van der Waals surface area contributed by atoms with E-state index in [0.717, 1.165) is 0 Å². The van der Waals surface area contributed by atoms with Gasteiger partial charge in [-0.2, -0.15) is 0 Å². The zero-order valence-corrected chi connectivity index (χ0v) is 9.75. The van der Waals surface area contributed by atoms with E-state index in [1.54, 1.807) is 0 Å². The van der Waals surface area contributed by atoms with Gasteiger partial charge in [-0.3, -0.25) is 0 Å². The first-order valence-corrected chi connectivity index (χ1v) is 5.22. The van der Waals surface area contributed by atoms with Crippen molar-refractivity contribution in [1.29, 1.82) is 0 Å². The summed E-state index contributed by atoms with van der Waals surface area (Å²) in [4.78, 5) is 0. The molecule has 0 fully saturated rings. The molecule has 1 aromatic carbocycles. The molecule has 0 nitrogen and oxygen atoms in total. The molecular formula is C15H18. The van der Waals surface area contributed by atoms with E-state index < -0.39 is 0 Å². The van der Waals surface area contributed by atoms with Gasteiger partial charge in [-0.15, -0.1) is 0 Å². The van der Waals surface area contributed by atoms with E-state index in [0.29, 0.717) is 0 Å². The van der Waals surface area contributed by atoms with Gasteiger partial charge < -0.3 is 0 Å². The Morgan fingerprint density at radius 3 is 2.47 bits per heavy atom. The van der Waals surface area contributed by atoms with Gasteiger partial charge in [-0.1, -0.05) is 49.1 Å². The predicted molar refractivity (Wildman–Crippen MR) is 68.8 cm³/mol. The molecule has 0 spiro atoms. The average molecular weight is 198 g/mol. The van der Waals surface area contributed by atoms with Gasteiger partial charge in [0.2, 0.25) is 0 Å². The van der Waals surface area contributed by atoms with Crippen LogP contribution in [0.3, 0.4) is 0 Å². The number of allylic oxidation sites excluding steroid dienone is 5. The predicted octanol–water partition coefficient (Wildman–Crippen LogP) is 4.53. The molecule has 0 heterocycles. The Labute approximate surface area is 92.6 Å². The molecule has 0 aliphatic heterocycles. The highest BCUT2D eigenvalue weighted by molar-refractivity contribution is 5.80. The Hall–Kier alpha value is -1.56. The first-order valence-electron chi connectivity index (χ1n) is 5.22. The van der Waals surface area contributed by atoms with Gasteiger partial charge in [0.15, 0.2) is 0 Å². The largest absolute Gasteiger partial charge is 0.0990 e. The van der Waals surface area contributed by atoms with E-state index >= 15 is 0 Å². The maximum atomic E-state index is 3.77. The fourth-order valence-corrected chi connectivity index (χ4v) is 1.58. The number of benzene rings is 1. The number of hydrogen-bond acceptors (Lipinski definition) is 0. The summed E-state index contributed by atoms with van der Waals surface area (Å²) in [6.45, 7) is 10.1. The van der Waals surface area contributed by atoms with Crippen LogP contribution in [0.1, 0.15) is 25.0 Å². The highest BCUT2D eigenvalue weighted by atomic mass is 14.1. The first kappa shape index (κ1) is 11.5. The van der Waals surface area contributed by atoms with Gasteiger partial charge in [0.1, 0.15) is 0 Å². The van der Waals surface area contributed by atoms with E-state index in [1.807, 2.05) is 6.08 Å². The van der Waals surface area contributed by atoms with Crippen molar-refractivity contribution < 1.29 is 0 Å². The maximum absolute atomic E-state index is 3.77. The van der Waals surface area contributed by atoms with Crippen LogP contribution < -0.4 is 0 Å². The molecule has 1 aromatic rings. The molecule has 1 rings (SSSR count). The van der Waals surface area contributed by atoms with Crippen LogP contribution in [0.5, 0.6) is 0 Å². The lowest BCUT2D eigenvalue weighted by molar-refractivity contribution is 1.39. The van der Waals surface area contributed by atoms with Crippen molar-refractivity contribution in [2.24, 2.45) is 0 Å². The van der Waals surface area contributed by atoms with Crippen LogP contribution in [-0.4, -0.2) is 0 Å². The Bertz CT molecular complexity index is 406. The lowest BCUT2D eigenvalue weighted by Crippen LogP contribution is -1.89. The van der Waals surface area contributed by atoms with Crippen molar-refractivity contribution >= 4 is 5.57 Å². The van der Waals surface area contributed by atoms with E-state index in [2.05, 4.69) is 63.8 Å². The van der Waals surface area contributed by atoms with Crippen LogP contribution in [0.25, 0.3) is 5.57 Å². The van der Waals surface area contributed by atoms with E-state index in [-0.39, 0.29) is 0 Å². The second kappa shape index (κ2) is 5.35. The van der Waals surface area contributed by atoms with E-state index in [4.69, 9.17) is 0 Å². The number of aryl methyl sites for hydroxylation is 1. The van der Waals surface area contributed by atoms with Crippen LogP contribution in [0.2, 0.25) is 0 Å². The smallest absolute Gasteiger partial charge is 0.0152 e. The van der Waals surface area contributed by atoms with Crippen molar-refractivity contribution in [2.75, 3.05) is 0 Å². The third-order valence-corrected chi connectivity index (χ3v) is 2.58. The average Bonchev–Trinajstić information content (AvgIpc) is 2.26. The zero-order chi connectivity index (χ0) is 11.3. The fraction of sp³-hybridized carbons (Fsp3) is 0.200. The lowest BCUT2D eigenvalue weighted by Gasteiger charge is -2.10. The summed E-state index contributed by atoms with van der Waals surface area (Å²) in [5.41, 5.74) is 5.12. The van der Waals surface area contributed by atoms with Crippen LogP contribution in [-0.2, 0) is 0 Å². The Kier molecular flexibility index (Phi) is 4.11. The Morgan fingerprint density at radius 2 is 1.93 bits per heavy atom. The second-order valence-electron chi connectivity index (χ2n) is 3.60. The number of hydrogen-bond donors (Lipinski definition) is 0. The molecular weight excluding hydrogens is 180 g/mol. The Morgan fingerprint density at radius 1 is 1.27 bits per heavy atom. The first-order chi connectivity index (χ1) is 7.20. The van der Waals surface area contributed by atoms with Crippen molar-refractivity contribution in [3.63, 3.8) is 0 Å². The maximum Gasteiger partial charge on any atom is -0.0152 e. The summed E-state index contributed by atoms with van der Waals surface area (Å²) in [5, 5.41) is 0. The highest BCUT2D eigenvalue weighted by Gasteiger charge is 2.04. The summed E-state index contributed by atoms with van der Waals surface area (Å²) < 4.78 is 0. The van der Waals surface area contributed by atoms with Crippen molar-refractivity contribution in [3.05, 3.63) is 65.8 Å². The van der Waals surface area contributed by atoms with Crippen LogP contribution >= 0.6 is 0 Å². The Balaban J connectivity index is 3.29. The minimum atomic E-state index is 1.26. The third-order valence-electron chi connectivity index (χ3n) is 2.58. The molecule has 0 atom stereocenters. The molecule has 15 heavy (non-hydrogen) atoms. The molecule has 0 amide bonds. The lowest BCUT2D eigenvalue weighted by atomic mass is 9.95. The monoisotopic (exact) mass is 198 g/mol. The van der Waals surface area contributed by atoms with Crippen molar-refractivity contribution in [2.45, 2.75) is 20.8 Å². The summed E-state index contributed by atoms with van der Waals surface area (Å²) in [6, 6.07) is 8.42. The minimum Gasteiger partial charge on any atom is -0.0990 e. The van der Waals surface area contributed by atoms with E-state index in [1.165, 1.54) is 22.3 Å². The van der Waals surface area contributed by atoms with Gasteiger partial charge in [-0.05, 0) is 43.0 Å². The van der Waals surface area contributed by atoms with Gasteiger partial charge in [-0.25, -0.2) is 0 Å².